The summed E-state index contributed by atoms with van der Waals surface area (Å²) in [6, 6.07) is 0. The maximum absolute atomic E-state index is 10.4. The number of rotatable bonds is 7. The molecule has 0 aromatic heterocycles. The maximum atomic E-state index is 10.4. The van der Waals surface area contributed by atoms with E-state index in [0.29, 0.717) is 6.42 Å². The largest absolute Gasteiger partial charge is 1.00 e. The van der Waals surface area contributed by atoms with Gasteiger partial charge in [-0.05, 0) is 18.3 Å². The van der Waals surface area contributed by atoms with Gasteiger partial charge in [-0.3, -0.25) is 0 Å². The Kier molecular flexibility index (Phi) is 15.6. The van der Waals surface area contributed by atoms with Crippen molar-refractivity contribution in [1.29, 1.82) is 0 Å². The minimum atomic E-state index is -1.55. The van der Waals surface area contributed by atoms with Gasteiger partial charge in [-0.1, -0.05) is 40.0 Å². The van der Waals surface area contributed by atoms with Gasteiger partial charge in [0.2, 0.25) is 0 Å². The van der Waals surface area contributed by atoms with Crippen molar-refractivity contribution in [2.75, 3.05) is 0 Å². The molecule has 94 valence electrons. The van der Waals surface area contributed by atoms with Crippen LogP contribution in [0.1, 0.15) is 52.9 Å². The molecule has 0 N–H and O–H groups in total. The fraction of sp³-hybridized carbons (Fsp3) is 0.833. The van der Waals surface area contributed by atoms with Crippen LogP contribution in [0.15, 0.2) is 0 Å². The summed E-state index contributed by atoms with van der Waals surface area (Å²) < 4.78 is 0. The number of aliphatic carboxylic acids is 2. The molecule has 0 radical (unpaired) electrons. The Labute approximate surface area is 153 Å². The van der Waals surface area contributed by atoms with E-state index >= 15 is 0 Å². The van der Waals surface area contributed by atoms with Gasteiger partial charge in [0.15, 0.2) is 0 Å². The molecule has 0 atom stereocenters. The third-order valence-electron chi connectivity index (χ3n) is 2.49. The Morgan fingerprint density at radius 1 is 0.944 bits per heavy atom. The third-order valence-corrected chi connectivity index (χ3v) is 2.49. The minimum absolute atomic E-state index is 0. The molecule has 0 aliphatic heterocycles. The summed E-state index contributed by atoms with van der Waals surface area (Å²) in [5.74, 6) is -4.55. The zero-order chi connectivity index (χ0) is 12.8. The smallest absolute Gasteiger partial charge is 0.549 e. The van der Waals surface area contributed by atoms with E-state index in [1.54, 1.807) is 0 Å². The number of hydrogen-bond donors (Lipinski definition) is 0. The van der Waals surface area contributed by atoms with Crippen molar-refractivity contribution >= 4 is 11.9 Å². The summed E-state index contributed by atoms with van der Waals surface area (Å²) in [6.45, 7) is 6.41. The molecule has 0 aromatic rings. The molecule has 0 saturated heterocycles. The number of hydrogen-bond acceptors (Lipinski definition) is 4. The number of carbonyl (C=O) groups is 2. The molecule has 4 nitrogen and oxygen atoms in total. The van der Waals surface area contributed by atoms with Crippen LogP contribution < -0.4 is 69.3 Å². The van der Waals surface area contributed by atoms with Crippen molar-refractivity contribution in [2.45, 2.75) is 52.9 Å². The molecule has 0 aliphatic rings. The standard InChI is InChI=1S/C12H22O4.2Na/c1-12(2,3)8-6-4-5-7-9(10(13)14)11(15)16;;/h9H,4-8H2,1-3H3,(H,13,14)(H,15,16);;/q;2*+1/p-2. The van der Waals surface area contributed by atoms with E-state index in [4.69, 9.17) is 0 Å². The van der Waals surface area contributed by atoms with Crippen LogP contribution in [0.5, 0.6) is 0 Å². The molecular formula is C12H20Na2O4. The zero-order valence-electron chi connectivity index (χ0n) is 12.2. The van der Waals surface area contributed by atoms with E-state index in [-0.39, 0.29) is 71.0 Å². The SMILES string of the molecule is CC(C)(C)CCCCCC(C(=O)[O-])C(=O)[O-].[Na+].[Na+]. The quantitative estimate of drug-likeness (QED) is 0.263. The predicted molar refractivity (Wildman–Crippen MR) is 56.0 cm³/mol. The normalized spacial score (nSPS) is 10.4. The van der Waals surface area contributed by atoms with Gasteiger partial charge in [-0.2, -0.15) is 0 Å². The molecule has 0 aromatic carbocycles. The summed E-state index contributed by atoms with van der Waals surface area (Å²) in [6.07, 6.45) is 3.57. The number of carboxylic acid groups (broad SMARTS) is 2. The number of carbonyl (C=O) groups excluding carboxylic acids is 2. The second kappa shape index (κ2) is 11.7. The van der Waals surface area contributed by atoms with Crippen LogP contribution >= 0.6 is 0 Å². The van der Waals surface area contributed by atoms with Gasteiger partial charge in [0.05, 0.1) is 11.9 Å². The molecule has 0 amide bonds. The second-order valence-corrected chi connectivity index (χ2v) is 5.35. The van der Waals surface area contributed by atoms with Crippen LogP contribution in [0.2, 0.25) is 0 Å². The van der Waals surface area contributed by atoms with Crippen LogP contribution in [0, 0.1) is 11.3 Å². The van der Waals surface area contributed by atoms with Gasteiger partial charge in [0.25, 0.3) is 0 Å². The average molecular weight is 274 g/mol. The van der Waals surface area contributed by atoms with Gasteiger partial charge in [0.1, 0.15) is 0 Å². The average Bonchev–Trinajstić information content (AvgIpc) is 2.07. The van der Waals surface area contributed by atoms with E-state index in [0.717, 1.165) is 19.3 Å². The second-order valence-electron chi connectivity index (χ2n) is 5.35. The van der Waals surface area contributed by atoms with Crippen LogP contribution in [0.4, 0.5) is 0 Å². The topological polar surface area (TPSA) is 80.3 Å². The first-order chi connectivity index (χ1) is 7.24. The van der Waals surface area contributed by atoms with Crippen molar-refractivity contribution in [1.82, 2.24) is 0 Å². The Bertz CT molecular complexity index is 235. The first-order valence-corrected chi connectivity index (χ1v) is 5.66. The molecule has 0 rings (SSSR count). The van der Waals surface area contributed by atoms with Gasteiger partial charge in [0, 0.05) is 5.92 Å². The van der Waals surface area contributed by atoms with Gasteiger partial charge in [-0.25, -0.2) is 0 Å². The van der Waals surface area contributed by atoms with Crippen molar-refractivity contribution < 1.29 is 78.9 Å². The van der Waals surface area contributed by atoms with E-state index in [9.17, 15) is 19.8 Å². The van der Waals surface area contributed by atoms with E-state index < -0.39 is 17.9 Å². The van der Waals surface area contributed by atoms with Crippen LogP contribution in [-0.2, 0) is 9.59 Å². The third kappa shape index (κ3) is 13.4. The maximum Gasteiger partial charge on any atom is 1.00 e. The van der Waals surface area contributed by atoms with Crippen molar-refractivity contribution in [3.63, 3.8) is 0 Å². The monoisotopic (exact) mass is 274 g/mol. The predicted octanol–water partition coefficient (Wildman–Crippen LogP) is -5.89. The van der Waals surface area contributed by atoms with Crippen molar-refractivity contribution in [3.8, 4) is 0 Å². The van der Waals surface area contributed by atoms with Crippen LogP contribution in [0.3, 0.4) is 0 Å². The van der Waals surface area contributed by atoms with Gasteiger partial charge in [-0.15, -0.1) is 0 Å². The van der Waals surface area contributed by atoms with E-state index in [2.05, 4.69) is 20.8 Å². The summed E-state index contributed by atoms with van der Waals surface area (Å²) in [7, 11) is 0. The summed E-state index contributed by atoms with van der Waals surface area (Å²) in [5.41, 5.74) is 0.266. The molecule has 0 heterocycles. The molecule has 18 heavy (non-hydrogen) atoms. The van der Waals surface area contributed by atoms with Gasteiger partial charge < -0.3 is 19.8 Å². The Balaban J connectivity index is -0.00000112. The summed E-state index contributed by atoms with van der Waals surface area (Å²) >= 11 is 0. The fourth-order valence-corrected chi connectivity index (χ4v) is 1.51. The molecule has 0 spiro atoms. The Hall–Kier alpha value is 0.940. The van der Waals surface area contributed by atoms with Crippen LogP contribution in [0.25, 0.3) is 0 Å². The summed E-state index contributed by atoms with van der Waals surface area (Å²) in [5, 5.41) is 20.9. The first-order valence-electron chi connectivity index (χ1n) is 5.66. The fourth-order valence-electron chi connectivity index (χ4n) is 1.51. The molecule has 6 heteroatoms. The first kappa shape index (κ1) is 24.0. The van der Waals surface area contributed by atoms with E-state index in [1.807, 2.05) is 0 Å². The Morgan fingerprint density at radius 3 is 1.72 bits per heavy atom. The van der Waals surface area contributed by atoms with Crippen molar-refractivity contribution in [2.24, 2.45) is 11.3 Å². The van der Waals surface area contributed by atoms with Crippen LogP contribution in [-0.4, -0.2) is 11.9 Å². The molecule has 0 bridgehead atoms. The Morgan fingerprint density at radius 2 is 1.39 bits per heavy atom. The molecule has 0 fully saturated rings. The summed E-state index contributed by atoms with van der Waals surface area (Å²) in [4.78, 5) is 20.9. The van der Waals surface area contributed by atoms with E-state index in [1.165, 1.54) is 0 Å². The zero-order valence-corrected chi connectivity index (χ0v) is 16.2. The molecule has 0 aliphatic carbocycles. The van der Waals surface area contributed by atoms with Crippen molar-refractivity contribution in [3.05, 3.63) is 0 Å². The molecule has 0 saturated carbocycles. The number of unbranched alkanes of at least 4 members (excludes halogenated alkanes) is 2. The minimum Gasteiger partial charge on any atom is -0.549 e. The molecular weight excluding hydrogens is 254 g/mol. The molecule has 0 unspecified atom stereocenters. The van der Waals surface area contributed by atoms with Gasteiger partial charge >= 0.3 is 59.1 Å². The number of carboxylic acids is 2.